The number of furan rings is 1. The zero-order valence-corrected chi connectivity index (χ0v) is 12.1. The van der Waals surface area contributed by atoms with Crippen molar-refractivity contribution in [3.05, 3.63) is 52.0 Å². The van der Waals surface area contributed by atoms with Crippen molar-refractivity contribution in [2.24, 2.45) is 0 Å². The normalized spacial score (nSPS) is 10.8. The minimum atomic E-state index is 0.821. The monoisotopic (exact) mass is 319 g/mol. The van der Waals surface area contributed by atoms with Gasteiger partial charge in [-0.2, -0.15) is 0 Å². The maximum Gasteiger partial charge on any atom is 0.153 e. The predicted octanol–water partition coefficient (Wildman–Crippen LogP) is 5.14. The number of aryl methyl sites for hydroxylation is 1. The Labute approximate surface area is 117 Å². The van der Waals surface area contributed by atoms with Crippen LogP contribution in [0.1, 0.15) is 4.88 Å². The quantitative estimate of drug-likeness (QED) is 0.653. The van der Waals surface area contributed by atoms with E-state index in [1.807, 2.05) is 30.3 Å². The summed E-state index contributed by atoms with van der Waals surface area (Å²) in [6, 6.07) is 11.9. The summed E-state index contributed by atoms with van der Waals surface area (Å²) in [5, 5.41) is 1.01. The van der Waals surface area contributed by atoms with E-state index in [1.165, 1.54) is 0 Å². The van der Waals surface area contributed by atoms with Crippen molar-refractivity contribution in [3.8, 4) is 22.0 Å². The largest absolute Gasteiger partial charge is 0.463 e. The van der Waals surface area contributed by atoms with Gasteiger partial charge in [0.1, 0.15) is 10.7 Å². The Balaban J connectivity index is 2.11. The number of nitrogens with zero attached hydrogens (tertiary/aromatic N) is 1. The van der Waals surface area contributed by atoms with E-state index in [0.717, 1.165) is 31.4 Å². The lowest BCUT2D eigenvalue weighted by molar-refractivity contribution is 0.580. The van der Waals surface area contributed by atoms with Crippen LogP contribution in [-0.2, 0) is 0 Å². The molecule has 0 aliphatic carbocycles. The van der Waals surface area contributed by atoms with Crippen LogP contribution in [0.15, 0.2) is 51.6 Å². The average Bonchev–Trinajstić information content (AvgIpc) is 2.98. The first-order valence-electron chi connectivity index (χ1n) is 5.52. The number of rotatable bonds is 2. The van der Waals surface area contributed by atoms with Gasteiger partial charge in [-0.15, -0.1) is 11.3 Å². The molecule has 0 spiro atoms. The standard InChI is InChI=1S/C14H10BrNOS/c1-9-13(12-7-4-8-17-12)16-14(18-9)10-5-2-3-6-11(10)15/h2-8H,1H3. The Kier molecular flexibility index (Phi) is 3.06. The van der Waals surface area contributed by atoms with Gasteiger partial charge in [0.2, 0.25) is 0 Å². The maximum absolute atomic E-state index is 5.41. The van der Waals surface area contributed by atoms with Crippen LogP contribution < -0.4 is 0 Å². The lowest BCUT2D eigenvalue weighted by Crippen LogP contribution is -1.79. The van der Waals surface area contributed by atoms with Gasteiger partial charge >= 0.3 is 0 Å². The molecule has 4 heteroatoms. The summed E-state index contributed by atoms with van der Waals surface area (Å²) >= 11 is 5.24. The number of hydrogen-bond donors (Lipinski definition) is 0. The van der Waals surface area contributed by atoms with Crippen LogP contribution in [0.3, 0.4) is 0 Å². The molecule has 0 atom stereocenters. The number of benzene rings is 1. The van der Waals surface area contributed by atoms with E-state index in [4.69, 9.17) is 4.42 Å². The summed E-state index contributed by atoms with van der Waals surface area (Å²) in [4.78, 5) is 5.84. The summed E-state index contributed by atoms with van der Waals surface area (Å²) in [5.41, 5.74) is 2.04. The molecule has 2 aromatic heterocycles. The highest BCUT2D eigenvalue weighted by atomic mass is 79.9. The van der Waals surface area contributed by atoms with Crippen molar-refractivity contribution >= 4 is 27.3 Å². The van der Waals surface area contributed by atoms with E-state index in [0.29, 0.717) is 0 Å². The van der Waals surface area contributed by atoms with Crippen LogP contribution in [0.2, 0.25) is 0 Å². The Morgan fingerprint density at radius 1 is 1.17 bits per heavy atom. The molecule has 0 radical (unpaired) electrons. The molecule has 2 nitrogen and oxygen atoms in total. The minimum absolute atomic E-state index is 0.821. The van der Waals surface area contributed by atoms with Crippen molar-refractivity contribution < 1.29 is 4.42 Å². The third-order valence-electron chi connectivity index (χ3n) is 2.66. The zero-order valence-electron chi connectivity index (χ0n) is 9.68. The molecule has 3 rings (SSSR count). The van der Waals surface area contributed by atoms with E-state index in [-0.39, 0.29) is 0 Å². The molecule has 0 N–H and O–H groups in total. The van der Waals surface area contributed by atoms with E-state index in [1.54, 1.807) is 17.6 Å². The fraction of sp³-hybridized carbons (Fsp3) is 0.0714. The number of aromatic nitrogens is 1. The highest BCUT2D eigenvalue weighted by Crippen LogP contribution is 2.36. The van der Waals surface area contributed by atoms with E-state index in [9.17, 15) is 0 Å². The smallest absolute Gasteiger partial charge is 0.153 e. The van der Waals surface area contributed by atoms with Gasteiger partial charge in [-0.05, 0) is 25.1 Å². The number of hydrogen-bond acceptors (Lipinski definition) is 3. The molecule has 0 unspecified atom stereocenters. The summed E-state index contributed by atoms with van der Waals surface area (Å²) in [7, 11) is 0. The first-order chi connectivity index (χ1) is 8.75. The SMILES string of the molecule is Cc1sc(-c2ccccc2Br)nc1-c1ccco1. The molecule has 0 fully saturated rings. The molecule has 0 aliphatic rings. The number of thiazole rings is 1. The summed E-state index contributed by atoms with van der Waals surface area (Å²) in [5.74, 6) is 0.821. The molecule has 0 amide bonds. The molecule has 18 heavy (non-hydrogen) atoms. The minimum Gasteiger partial charge on any atom is -0.463 e. The molecular formula is C14H10BrNOS. The van der Waals surface area contributed by atoms with Crippen LogP contribution in [0, 0.1) is 6.92 Å². The van der Waals surface area contributed by atoms with Gasteiger partial charge < -0.3 is 4.42 Å². The van der Waals surface area contributed by atoms with Crippen molar-refractivity contribution in [1.29, 1.82) is 0 Å². The van der Waals surface area contributed by atoms with Gasteiger partial charge in [-0.1, -0.05) is 34.1 Å². The van der Waals surface area contributed by atoms with Crippen LogP contribution in [0.25, 0.3) is 22.0 Å². The molecular weight excluding hydrogens is 310 g/mol. The lowest BCUT2D eigenvalue weighted by Gasteiger charge is -1.98. The first-order valence-corrected chi connectivity index (χ1v) is 7.13. The van der Waals surface area contributed by atoms with E-state index < -0.39 is 0 Å². The van der Waals surface area contributed by atoms with Crippen molar-refractivity contribution in [2.75, 3.05) is 0 Å². The lowest BCUT2D eigenvalue weighted by atomic mass is 10.2. The second kappa shape index (κ2) is 4.71. The Hall–Kier alpha value is -1.39. The van der Waals surface area contributed by atoms with Gasteiger partial charge in [0, 0.05) is 14.9 Å². The molecule has 3 aromatic rings. The molecule has 0 saturated heterocycles. The third-order valence-corrected chi connectivity index (χ3v) is 4.35. The van der Waals surface area contributed by atoms with Crippen LogP contribution >= 0.6 is 27.3 Å². The summed E-state index contributed by atoms with van der Waals surface area (Å²) < 4.78 is 6.47. The molecule has 0 saturated carbocycles. The summed E-state index contributed by atoms with van der Waals surface area (Å²) in [6.07, 6.45) is 1.67. The van der Waals surface area contributed by atoms with E-state index in [2.05, 4.69) is 33.9 Å². The Bertz CT molecular complexity index is 673. The van der Waals surface area contributed by atoms with Crippen LogP contribution in [-0.4, -0.2) is 4.98 Å². The van der Waals surface area contributed by atoms with Crippen LogP contribution in [0.4, 0.5) is 0 Å². The Morgan fingerprint density at radius 2 is 2.00 bits per heavy atom. The van der Waals surface area contributed by atoms with Gasteiger partial charge in [-0.25, -0.2) is 4.98 Å². The fourth-order valence-electron chi connectivity index (χ4n) is 1.79. The van der Waals surface area contributed by atoms with Crippen molar-refractivity contribution in [2.45, 2.75) is 6.92 Å². The first kappa shape index (κ1) is 11.7. The highest BCUT2D eigenvalue weighted by molar-refractivity contribution is 9.10. The molecule has 2 heterocycles. The third kappa shape index (κ3) is 2.02. The average molecular weight is 320 g/mol. The van der Waals surface area contributed by atoms with Gasteiger partial charge in [0.05, 0.1) is 6.26 Å². The topological polar surface area (TPSA) is 26.0 Å². The maximum atomic E-state index is 5.41. The van der Waals surface area contributed by atoms with Crippen molar-refractivity contribution in [1.82, 2.24) is 4.98 Å². The predicted molar refractivity (Wildman–Crippen MR) is 77.7 cm³/mol. The molecule has 1 aromatic carbocycles. The molecule has 0 aliphatic heterocycles. The zero-order chi connectivity index (χ0) is 12.5. The molecule has 0 bridgehead atoms. The van der Waals surface area contributed by atoms with Crippen molar-refractivity contribution in [3.63, 3.8) is 0 Å². The second-order valence-electron chi connectivity index (χ2n) is 3.88. The highest BCUT2D eigenvalue weighted by Gasteiger charge is 2.14. The van der Waals surface area contributed by atoms with Gasteiger partial charge in [-0.3, -0.25) is 0 Å². The van der Waals surface area contributed by atoms with Gasteiger partial charge in [0.25, 0.3) is 0 Å². The number of halogens is 1. The van der Waals surface area contributed by atoms with Gasteiger partial charge in [0.15, 0.2) is 5.76 Å². The second-order valence-corrected chi connectivity index (χ2v) is 5.94. The Morgan fingerprint density at radius 3 is 2.72 bits per heavy atom. The van der Waals surface area contributed by atoms with Crippen LogP contribution in [0.5, 0.6) is 0 Å². The summed E-state index contributed by atoms with van der Waals surface area (Å²) in [6.45, 7) is 2.07. The van der Waals surface area contributed by atoms with E-state index >= 15 is 0 Å². The molecule has 90 valence electrons. The fourth-order valence-corrected chi connectivity index (χ4v) is 3.35.